The number of hydrogen-bond acceptors (Lipinski definition) is 3. The van der Waals surface area contributed by atoms with Crippen LogP contribution in [0.2, 0.25) is 0 Å². The second kappa shape index (κ2) is 6.39. The minimum atomic E-state index is -0.443. The lowest BCUT2D eigenvalue weighted by molar-refractivity contribution is 0.172. The van der Waals surface area contributed by atoms with Gasteiger partial charge in [0, 0.05) is 6.04 Å². The average Bonchev–Trinajstić information content (AvgIpc) is 2.46. The normalized spacial score (nSPS) is 13.6. The molecule has 0 fully saturated rings. The zero-order valence-electron chi connectivity index (χ0n) is 11.5. The molecular formula is C16H18FNO2. The Hall–Kier alpha value is -2.07. The van der Waals surface area contributed by atoms with Gasteiger partial charge in [-0.15, -0.1) is 0 Å². The van der Waals surface area contributed by atoms with Gasteiger partial charge in [0.25, 0.3) is 0 Å². The number of methoxy groups -OCH3 is 1. The highest BCUT2D eigenvalue weighted by atomic mass is 19.1. The molecule has 2 rings (SSSR count). The van der Waals surface area contributed by atoms with E-state index < -0.39 is 11.9 Å². The zero-order chi connectivity index (χ0) is 14.5. The zero-order valence-corrected chi connectivity index (χ0v) is 11.5. The highest BCUT2D eigenvalue weighted by Crippen LogP contribution is 2.28. The second-order valence-corrected chi connectivity index (χ2v) is 4.60. The van der Waals surface area contributed by atoms with Crippen LogP contribution in [0.4, 0.5) is 4.39 Å². The van der Waals surface area contributed by atoms with E-state index in [1.165, 1.54) is 6.07 Å². The van der Waals surface area contributed by atoms with Crippen LogP contribution in [0.3, 0.4) is 0 Å². The van der Waals surface area contributed by atoms with Gasteiger partial charge in [0.2, 0.25) is 0 Å². The molecule has 0 aliphatic carbocycles. The quantitative estimate of drug-likeness (QED) is 0.910. The summed E-state index contributed by atoms with van der Waals surface area (Å²) in [4.78, 5) is 0. The highest BCUT2D eigenvalue weighted by molar-refractivity contribution is 5.32. The van der Waals surface area contributed by atoms with E-state index in [0.29, 0.717) is 5.75 Å². The lowest BCUT2D eigenvalue weighted by Crippen LogP contribution is -2.29. The first kappa shape index (κ1) is 14.3. The average molecular weight is 275 g/mol. The summed E-state index contributed by atoms with van der Waals surface area (Å²) in [5.41, 5.74) is 6.82. The van der Waals surface area contributed by atoms with E-state index in [1.54, 1.807) is 25.3 Å². The fraction of sp³-hybridized carbons (Fsp3) is 0.250. The fourth-order valence-electron chi connectivity index (χ4n) is 1.97. The number of para-hydroxylation sites is 1. The van der Waals surface area contributed by atoms with Crippen LogP contribution in [0.15, 0.2) is 48.5 Å². The van der Waals surface area contributed by atoms with Crippen molar-refractivity contribution in [3.8, 4) is 11.5 Å². The molecule has 106 valence electrons. The molecule has 0 aromatic heterocycles. The van der Waals surface area contributed by atoms with Crippen molar-refractivity contribution in [1.29, 1.82) is 0 Å². The molecule has 2 N–H and O–H groups in total. The van der Waals surface area contributed by atoms with Crippen molar-refractivity contribution >= 4 is 0 Å². The first-order valence-electron chi connectivity index (χ1n) is 6.42. The Bertz CT molecular complexity index is 572. The molecule has 4 heteroatoms. The van der Waals surface area contributed by atoms with Gasteiger partial charge in [0.15, 0.2) is 11.6 Å². The van der Waals surface area contributed by atoms with Crippen LogP contribution in [0.5, 0.6) is 11.5 Å². The van der Waals surface area contributed by atoms with Gasteiger partial charge in [-0.05, 0) is 36.8 Å². The minimum absolute atomic E-state index is 0.192. The van der Waals surface area contributed by atoms with Gasteiger partial charge >= 0.3 is 0 Å². The van der Waals surface area contributed by atoms with E-state index in [1.807, 2.05) is 31.2 Å². The monoisotopic (exact) mass is 275 g/mol. The van der Waals surface area contributed by atoms with Gasteiger partial charge in [-0.25, -0.2) is 4.39 Å². The summed E-state index contributed by atoms with van der Waals surface area (Å²) in [6.45, 7) is 1.82. The number of ether oxygens (including phenoxy) is 2. The molecule has 0 aliphatic heterocycles. The molecular weight excluding hydrogens is 257 g/mol. The van der Waals surface area contributed by atoms with Crippen LogP contribution in [0, 0.1) is 5.82 Å². The van der Waals surface area contributed by atoms with E-state index >= 15 is 0 Å². The Balaban J connectivity index is 2.29. The maximum Gasteiger partial charge on any atom is 0.165 e. The van der Waals surface area contributed by atoms with Crippen LogP contribution in [0.1, 0.15) is 18.6 Å². The number of halogens is 1. The van der Waals surface area contributed by atoms with Crippen LogP contribution in [0.25, 0.3) is 0 Å². The van der Waals surface area contributed by atoms with E-state index in [0.717, 1.165) is 5.56 Å². The SMILES string of the molecule is COc1cccc(C(Oc2ccccc2F)C(C)N)c1. The highest BCUT2D eigenvalue weighted by Gasteiger charge is 2.20. The van der Waals surface area contributed by atoms with Crippen molar-refractivity contribution in [2.75, 3.05) is 7.11 Å². The number of nitrogens with two attached hydrogens (primary N) is 1. The van der Waals surface area contributed by atoms with Gasteiger partial charge < -0.3 is 15.2 Å². The van der Waals surface area contributed by atoms with Gasteiger partial charge in [-0.1, -0.05) is 24.3 Å². The summed E-state index contributed by atoms with van der Waals surface area (Å²) in [6, 6.07) is 13.4. The summed E-state index contributed by atoms with van der Waals surface area (Å²) in [5.74, 6) is 0.504. The summed E-state index contributed by atoms with van der Waals surface area (Å²) >= 11 is 0. The number of benzene rings is 2. The summed E-state index contributed by atoms with van der Waals surface area (Å²) in [6.07, 6.45) is -0.443. The van der Waals surface area contributed by atoms with Gasteiger partial charge in [-0.2, -0.15) is 0 Å². The standard InChI is InChI=1S/C16H18FNO2/c1-11(18)16(12-6-5-7-13(10-12)19-2)20-15-9-4-3-8-14(15)17/h3-11,16H,18H2,1-2H3. The number of hydrogen-bond donors (Lipinski definition) is 1. The first-order valence-corrected chi connectivity index (χ1v) is 6.42. The first-order chi connectivity index (χ1) is 9.61. The Kier molecular flexibility index (Phi) is 4.58. The summed E-state index contributed by atoms with van der Waals surface area (Å²) in [7, 11) is 1.59. The molecule has 2 atom stereocenters. The third-order valence-electron chi connectivity index (χ3n) is 2.99. The lowest BCUT2D eigenvalue weighted by Gasteiger charge is -2.23. The van der Waals surface area contributed by atoms with Crippen molar-refractivity contribution in [2.24, 2.45) is 5.73 Å². The fourth-order valence-corrected chi connectivity index (χ4v) is 1.97. The van der Waals surface area contributed by atoms with Crippen molar-refractivity contribution in [3.63, 3.8) is 0 Å². The van der Waals surface area contributed by atoms with Crippen molar-refractivity contribution < 1.29 is 13.9 Å². The van der Waals surface area contributed by atoms with E-state index in [2.05, 4.69) is 0 Å². The Morgan fingerprint density at radius 3 is 2.50 bits per heavy atom. The van der Waals surface area contributed by atoms with Crippen LogP contribution < -0.4 is 15.2 Å². The Labute approximate surface area is 118 Å². The largest absolute Gasteiger partial charge is 0.497 e. The molecule has 0 radical (unpaired) electrons. The smallest absolute Gasteiger partial charge is 0.165 e. The Morgan fingerprint density at radius 2 is 1.85 bits per heavy atom. The minimum Gasteiger partial charge on any atom is -0.497 e. The van der Waals surface area contributed by atoms with Crippen molar-refractivity contribution in [1.82, 2.24) is 0 Å². The maximum absolute atomic E-state index is 13.7. The van der Waals surface area contributed by atoms with E-state index in [9.17, 15) is 4.39 Å². The Morgan fingerprint density at radius 1 is 1.10 bits per heavy atom. The third kappa shape index (κ3) is 3.27. The molecule has 0 saturated carbocycles. The molecule has 0 amide bonds. The second-order valence-electron chi connectivity index (χ2n) is 4.60. The lowest BCUT2D eigenvalue weighted by atomic mass is 10.0. The van der Waals surface area contributed by atoms with E-state index in [-0.39, 0.29) is 11.8 Å². The topological polar surface area (TPSA) is 44.5 Å². The summed E-state index contributed by atoms with van der Waals surface area (Å²) < 4.78 is 24.6. The predicted octanol–water partition coefficient (Wildman–Crippen LogP) is 3.30. The van der Waals surface area contributed by atoms with Crippen LogP contribution in [-0.2, 0) is 0 Å². The molecule has 0 heterocycles. The van der Waals surface area contributed by atoms with Gasteiger partial charge in [0.05, 0.1) is 7.11 Å². The van der Waals surface area contributed by atoms with Gasteiger partial charge in [0.1, 0.15) is 11.9 Å². The summed E-state index contributed by atoms with van der Waals surface area (Å²) in [5, 5.41) is 0. The molecule has 0 saturated heterocycles. The van der Waals surface area contributed by atoms with Crippen LogP contribution in [-0.4, -0.2) is 13.2 Å². The molecule has 2 aromatic carbocycles. The molecule has 20 heavy (non-hydrogen) atoms. The predicted molar refractivity (Wildman–Crippen MR) is 76.4 cm³/mol. The molecule has 0 aliphatic rings. The third-order valence-corrected chi connectivity index (χ3v) is 2.99. The van der Waals surface area contributed by atoms with E-state index in [4.69, 9.17) is 15.2 Å². The van der Waals surface area contributed by atoms with Crippen LogP contribution >= 0.6 is 0 Å². The molecule has 2 aromatic rings. The molecule has 3 nitrogen and oxygen atoms in total. The van der Waals surface area contributed by atoms with Gasteiger partial charge in [-0.3, -0.25) is 0 Å². The maximum atomic E-state index is 13.7. The van der Waals surface area contributed by atoms with Crippen molar-refractivity contribution in [2.45, 2.75) is 19.1 Å². The molecule has 0 spiro atoms. The molecule has 2 unspecified atom stereocenters. The molecule has 0 bridgehead atoms. The number of rotatable bonds is 5. The van der Waals surface area contributed by atoms with Crippen molar-refractivity contribution in [3.05, 3.63) is 59.9 Å².